The molecule has 118 valence electrons. The molecular weight excluding hydrogens is 282 g/mol. The zero-order chi connectivity index (χ0) is 15.7. The van der Waals surface area contributed by atoms with Gasteiger partial charge in [0.15, 0.2) is 9.84 Å². The summed E-state index contributed by atoms with van der Waals surface area (Å²) in [4.78, 5) is 0. The van der Waals surface area contributed by atoms with Crippen LogP contribution in [0.25, 0.3) is 0 Å². The lowest BCUT2D eigenvalue weighted by Gasteiger charge is -2.37. The molecule has 3 nitrogen and oxygen atoms in total. The van der Waals surface area contributed by atoms with Crippen LogP contribution in [0.5, 0.6) is 0 Å². The Labute approximate surface area is 128 Å². The van der Waals surface area contributed by atoms with E-state index in [9.17, 15) is 8.42 Å². The van der Waals surface area contributed by atoms with E-state index >= 15 is 0 Å². The maximum atomic E-state index is 11.9. The molecule has 4 heteroatoms. The van der Waals surface area contributed by atoms with Crippen molar-refractivity contribution in [3.63, 3.8) is 0 Å². The van der Waals surface area contributed by atoms with E-state index in [4.69, 9.17) is 5.73 Å². The number of sulfone groups is 1. The van der Waals surface area contributed by atoms with Gasteiger partial charge in [-0.05, 0) is 37.8 Å². The van der Waals surface area contributed by atoms with E-state index in [0.29, 0.717) is 6.54 Å². The lowest BCUT2D eigenvalue weighted by molar-refractivity contribution is 0.301. The molecule has 1 aliphatic carbocycles. The summed E-state index contributed by atoms with van der Waals surface area (Å²) in [6, 6.07) is 8.09. The smallest absolute Gasteiger partial charge is 0.156 e. The van der Waals surface area contributed by atoms with Gasteiger partial charge in [-0.15, -0.1) is 0 Å². The highest BCUT2D eigenvalue weighted by Gasteiger charge is 2.35. The number of rotatable bonds is 4. The first-order valence-electron chi connectivity index (χ1n) is 7.74. The summed E-state index contributed by atoms with van der Waals surface area (Å²) in [6.07, 6.45) is 7.32. The molecule has 1 aromatic rings. The topological polar surface area (TPSA) is 60.2 Å². The van der Waals surface area contributed by atoms with Gasteiger partial charge in [-0.1, -0.05) is 43.5 Å². The van der Waals surface area contributed by atoms with Gasteiger partial charge in [0.2, 0.25) is 0 Å². The first-order chi connectivity index (χ1) is 9.73. The van der Waals surface area contributed by atoms with Crippen molar-refractivity contribution < 1.29 is 8.42 Å². The standard InChI is InChI=1S/C17H27NO2S/c1-16(2,21(3,19)20)14-7-9-15(10-8-14)17(13-18)11-5-4-6-12-17/h7-10H,4-6,11-13,18H2,1-3H3. The Balaban J connectivity index is 2.35. The maximum absolute atomic E-state index is 11.9. The van der Waals surface area contributed by atoms with Crippen LogP contribution < -0.4 is 5.73 Å². The average molecular weight is 309 g/mol. The van der Waals surface area contributed by atoms with Crippen LogP contribution in [0.15, 0.2) is 24.3 Å². The minimum atomic E-state index is -3.14. The molecular formula is C17H27NO2S. The van der Waals surface area contributed by atoms with E-state index in [0.717, 1.165) is 18.4 Å². The van der Waals surface area contributed by atoms with E-state index in [1.165, 1.54) is 31.1 Å². The molecule has 0 amide bonds. The number of hydrogen-bond acceptors (Lipinski definition) is 3. The van der Waals surface area contributed by atoms with E-state index in [-0.39, 0.29) is 5.41 Å². The Hall–Kier alpha value is -0.870. The summed E-state index contributed by atoms with van der Waals surface area (Å²) in [6.45, 7) is 4.19. The van der Waals surface area contributed by atoms with Gasteiger partial charge in [0.1, 0.15) is 0 Å². The largest absolute Gasteiger partial charge is 0.330 e. The molecule has 0 saturated heterocycles. The quantitative estimate of drug-likeness (QED) is 0.929. The van der Waals surface area contributed by atoms with E-state index < -0.39 is 14.6 Å². The minimum absolute atomic E-state index is 0.0893. The summed E-state index contributed by atoms with van der Waals surface area (Å²) < 4.78 is 23.0. The van der Waals surface area contributed by atoms with Crippen LogP contribution in [0.2, 0.25) is 0 Å². The fraction of sp³-hybridized carbons (Fsp3) is 0.647. The fourth-order valence-electron chi connectivity index (χ4n) is 3.28. The van der Waals surface area contributed by atoms with Crippen LogP contribution in [0.3, 0.4) is 0 Å². The van der Waals surface area contributed by atoms with Crippen LogP contribution in [-0.4, -0.2) is 21.2 Å². The predicted octanol–water partition coefficient (Wildman–Crippen LogP) is 3.13. The molecule has 0 heterocycles. The summed E-state index contributed by atoms with van der Waals surface area (Å²) in [5.41, 5.74) is 8.26. The molecule has 0 aromatic heterocycles. The fourth-order valence-corrected chi connectivity index (χ4v) is 3.84. The lowest BCUT2D eigenvalue weighted by Crippen LogP contribution is -2.37. The third kappa shape index (κ3) is 3.02. The van der Waals surface area contributed by atoms with Crippen molar-refractivity contribution in [1.82, 2.24) is 0 Å². The Morgan fingerprint density at radius 1 is 1.10 bits per heavy atom. The molecule has 21 heavy (non-hydrogen) atoms. The minimum Gasteiger partial charge on any atom is -0.330 e. The van der Waals surface area contributed by atoms with Gasteiger partial charge in [-0.3, -0.25) is 0 Å². The monoisotopic (exact) mass is 309 g/mol. The van der Waals surface area contributed by atoms with Crippen molar-refractivity contribution in [1.29, 1.82) is 0 Å². The third-order valence-corrected chi connectivity index (χ3v) is 7.41. The van der Waals surface area contributed by atoms with Gasteiger partial charge in [0.25, 0.3) is 0 Å². The van der Waals surface area contributed by atoms with Gasteiger partial charge >= 0.3 is 0 Å². The van der Waals surface area contributed by atoms with Gasteiger partial charge in [0, 0.05) is 18.2 Å². The molecule has 1 aliphatic rings. The van der Waals surface area contributed by atoms with Crippen LogP contribution in [-0.2, 0) is 20.0 Å². The first-order valence-corrected chi connectivity index (χ1v) is 9.63. The predicted molar refractivity (Wildman–Crippen MR) is 88.1 cm³/mol. The Kier molecular flexibility index (Phi) is 4.50. The van der Waals surface area contributed by atoms with E-state index in [2.05, 4.69) is 12.1 Å². The summed E-state index contributed by atoms with van der Waals surface area (Å²) >= 11 is 0. The Bertz CT molecular complexity index is 582. The average Bonchev–Trinajstić information content (AvgIpc) is 2.47. The van der Waals surface area contributed by atoms with Gasteiger partial charge < -0.3 is 5.73 Å². The summed E-state index contributed by atoms with van der Waals surface area (Å²) in [5, 5.41) is 0. The maximum Gasteiger partial charge on any atom is 0.156 e. The highest BCUT2D eigenvalue weighted by atomic mass is 32.2. The molecule has 0 radical (unpaired) electrons. The molecule has 0 spiro atoms. The summed E-state index contributed by atoms with van der Waals surface area (Å²) in [7, 11) is -3.14. The van der Waals surface area contributed by atoms with Crippen molar-refractivity contribution in [2.24, 2.45) is 5.73 Å². The molecule has 0 aliphatic heterocycles. The molecule has 0 atom stereocenters. The van der Waals surface area contributed by atoms with Gasteiger partial charge in [-0.2, -0.15) is 0 Å². The molecule has 2 rings (SSSR count). The summed E-state index contributed by atoms with van der Waals surface area (Å²) in [5.74, 6) is 0. The highest BCUT2D eigenvalue weighted by molar-refractivity contribution is 7.91. The number of nitrogens with two attached hydrogens (primary N) is 1. The van der Waals surface area contributed by atoms with Crippen molar-refractivity contribution in [3.8, 4) is 0 Å². The molecule has 2 N–H and O–H groups in total. The van der Waals surface area contributed by atoms with Crippen molar-refractivity contribution >= 4 is 9.84 Å². The zero-order valence-corrected chi connectivity index (χ0v) is 14.2. The highest BCUT2D eigenvalue weighted by Crippen LogP contribution is 2.39. The number of benzene rings is 1. The number of hydrogen-bond donors (Lipinski definition) is 1. The molecule has 1 fully saturated rings. The van der Waals surface area contributed by atoms with E-state index in [1.54, 1.807) is 13.8 Å². The van der Waals surface area contributed by atoms with Crippen LogP contribution in [0, 0.1) is 0 Å². The van der Waals surface area contributed by atoms with Crippen LogP contribution in [0.1, 0.15) is 57.1 Å². The lowest BCUT2D eigenvalue weighted by atomic mass is 9.69. The van der Waals surface area contributed by atoms with E-state index in [1.807, 2.05) is 12.1 Å². The second kappa shape index (κ2) is 5.73. The van der Waals surface area contributed by atoms with Gasteiger partial charge in [0.05, 0.1) is 4.75 Å². The van der Waals surface area contributed by atoms with Crippen LogP contribution >= 0.6 is 0 Å². The molecule has 1 saturated carbocycles. The van der Waals surface area contributed by atoms with Crippen LogP contribution in [0.4, 0.5) is 0 Å². The molecule has 1 aromatic carbocycles. The SMILES string of the molecule is CC(C)(c1ccc(C2(CN)CCCCC2)cc1)S(C)(=O)=O. The van der Waals surface area contributed by atoms with Crippen molar-refractivity contribution in [3.05, 3.63) is 35.4 Å². The Morgan fingerprint density at radius 3 is 2.05 bits per heavy atom. The second-order valence-corrected chi connectivity index (χ2v) is 9.47. The first kappa shape index (κ1) is 16.5. The third-order valence-electron chi connectivity index (χ3n) is 5.32. The Morgan fingerprint density at radius 2 is 1.62 bits per heavy atom. The molecule has 0 bridgehead atoms. The van der Waals surface area contributed by atoms with Crippen molar-refractivity contribution in [2.75, 3.05) is 12.8 Å². The normalized spacial score (nSPS) is 19.4. The molecule has 0 unspecified atom stereocenters. The second-order valence-electron chi connectivity index (χ2n) is 6.90. The van der Waals surface area contributed by atoms with Crippen molar-refractivity contribution in [2.45, 2.75) is 56.1 Å². The zero-order valence-electron chi connectivity index (χ0n) is 13.4. The van der Waals surface area contributed by atoms with Gasteiger partial charge in [-0.25, -0.2) is 8.42 Å².